The number of hydrogen-bond acceptors (Lipinski definition) is 5. The Kier molecular flexibility index (Phi) is 4.11. The maximum atomic E-state index is 12.6. The third-order valence-corrected chi connectivity index (χ3v) is 4.56. The van der Waals surface area contributed by atoms with Crippen LogP contribution in [-0.4, -0.2) is 33.8 Å². The molecule has 1 saturated heterocycles. The van der Waals surface area contributed by atoms with Crippen LogP contribution >= 0.6 is 0 Å². The number of likely N-dealkylation sites (tertiary alicyclic amines) is 1. The summed E-state index contributed by atoms with van der Waals surface area (Å²) in [7, 11) is 0. The Morgan fingerprint density at radius 2 is 2.19 bits per heavy atom. The van der Waals surface area contributed by atoms with Gasteiger partial charge < -0.3 is 10.6 Å². The molecular formula is C14H20N4O3. The second kappa shape index (κ2) is 5.67. The predicted molar refractivity (Wildman–Crippen MR) is 78.8 cm³/mol. The van der Waals surface area contributed by atoms with Crippen LogP contribution in [0.25, 0.3) is 0 Å². The van der Waals surface area contributed by atoms with E-state index >= 15 is 0 Å². The van der Waals surface area contributed by atoms with Crippen molar-refractivity contribution in [3.63, 3.8) is 0 Å². The summed E-state index contributed by atoms with van der Waals surface area (Å²) in [5, 5.41) is 11.0. The van der Waals surface area contributed by atoms with Crippen molar-refractivity contribution in [2.24, 2.45) is 5.41 Å². The van der Waals surface area contributed by atoms with Crippen LogP contribution in [0.2, 0.25) is 0 Å². The van der Waals surface area contributed by atoms with Crippen molar-refractivity contribution in [3.8, 4) is 0 Å². The second-order valence-corrected chi connectivity index (χ2v) is 5.57. The summed E-state index contributed by atoms with van der Waals surface area (Å²) in [5.74, 6) is -0.222. The van der Waals surface area contributed by atoms with Crippen LogP contribution in [0.1, 0.15) is 43.5 Å². The van der Waals surface area contributed by atoms with Crippen LogP contribution in [0.3, 0.4) is 0 Å². The molecule has 0 aromatic carbocycles. The normalized spacial score (nSPS) is 17.0. The highest BCUT2D eigenvalue weighted by molar-refractivity contribution is 5.98. The Balaban J connectivity index is 2.30. The van der Waals surface area contributed by atoms with Crippen molar-refractivity contribution in [3.05, 3.63) is 27.9 Å². The third-order valence-electron chi connectivity index (χ3n) is 4.56. The Morgan fingerprint density at radius 1 is 1.52 bits per heavy atom. The lowest BCUT2D eigenvalue weighted by atomic mass is 9.82. The molecule has 1 aromatic rings. The van der Waals surface area contributed by atoms with Gasteiger partial charge in [0, 0.05) is 13.1 Å². The van der Waals surface area contributed by atoms with E-state index in [1.54, 1.807) is 4.90 Å². The monoisotopic (exact) mass is 292 g/mol. The fraction of sp³-hybridized carbons (Fsp3) is 0.571. The lowest BCUT2D eigenvalue weighted by Gasteiger charge is -2.26. The van der Waals surface area contributed by atoms with E-state index in [0.29, 0.717) is 13.1 Å². The molecule has 0 atom stereocenters. The van der Waals surface area contributed by atoms with E-state index in [9.17, 15) is 14.9 Å². The van der Waals surface area contributed by atoms with Crippen molar-refractivity contribution in [2.45, 2.75) is 33.1 Å². The molecule has 1 fully saturated rings. The standard InChI is InChI=1S/C14H20N4O3/c1-3-14(4-2)5-6-17(9-14)13(19)10-7-12(15)16-8-11(10)18(20)21/h7-8H,3-6,9H2,1-2H3,(H2,15,16). The van der Waals surface area contributed by atoms with Crippen molar-refractivity contribution >= 4 is 17.4 Å². The van der Waals surface area contributed by atoms with Gasteiger partial charge in [-0.25, -0.2) is 4.98 Å². The van der Waals surface area contributed by atoms with Gasteiger partial charge in [-0.3, -0.25) is 14.9 Å². The summed E-state index contributed by atoms with van der Waals surface area (Å²) in [6, 6.07) is 1.29. The minimum atomic E-state index is -0.595. The molecule has 0 bridgehead atoms. The second-order valence-electron chi connectivity index (χ2n) is 5.57. The van der Waals surface area contributed by atoms with E-state index in [0.717, 1.165) is 25.5 Å². The molecule has 7 nitrogen and oxygen atoms in total. The molecule has 1 aromatic heterocycles. The number of nitrogens with zero attached hydrogens (tertiary/aromatic N) is 3. The summed E-state index contributed by atoms with van der Waals surface area (Å²) in [5.41, 5.74) is 5.42. The molecule has 0 aliphatic carbocycles. The summed E-state index contributed by atoms with van der Waals surface area (Å²) in [6.07, 6.45) is 3.97. The van der Waals surface area contributed by atoms with Gasteiger partial charge in [-0.05, 0) is 30.7 Å². The number of carbonyl (C=O) groups excluding carboxylic acids is 1. The van der Waals surface area contributed by atoms with Gasteiger partial charge in [-0.2, -0.15) is 0 Å². The Hall–Kier alpha value is -2.18. The average Bonchev–Trinajstić information content (AvgIpc) is 2.91. The largest absolute Gasteiger partial charge is 0.384 e. The molecule has 0 unspecified atom stereocenters. The SMILES string of the molecule is CCC1(CC)CCN(C(=O)c2cc(N)ncc2[N+](=O)[O-])C1. The molecule has 0 saturated carbocycles. The lowest BCUT2D eigenvalue weighted by Crippen LogP contribution is -2.32. The van der Waals surface area contributed by atoms with Crippen LogP contribution in [0.5, 0.6) is 0 Å². The first-order valence-corrected chi connectivity index (χ1v) is 7.11. The number of hydrogen-bond donors (Lipinski definition) is 1. The minimum absolute atomic E-state index is 0.0236. The zero-order chi connectivity index (χ0) is 15.6. The van der Waals surface area contributed by atoms with Crippen molar-refractivity contribution in [1.29, 1.82) is 0 Å². The van der Waals surface area contributed by atoms with Gasteiger partial charge in [0.2, 0.25) is 0 Å². The quantitative estimate of drug-likeness (QED) is 0.677. The average molecular weight is 292 g/mol. The first-order chi connectivity index (χ1) is 9.92. The van der Waals surface area contributed by atoms with Gasteiger partial charge in [-0.1, -0.05) is 13.8 Å². The van der Waals surface area contributed by atoms with E-state index in [-0.39, 0.29) is 28.4 Å². The van der Waals surface area contributed by atoms with Crippen molar-refractivity contribution in [2.75, 3.05) is 18.8 Å². The van der Waals surface area contributed by atoms with Crippen LogP contribution in [0.15, 0.2) is 12.3 Å². The van der Waals surface area contributed by atoms with Crippen LogP contribution in [0, 0.1) is 15.5 Å². The number of amides is 1. The molecule has 1 amide bonds. The number of pyridine rings is 1. The van der Waals surface area contributed by atoms with E-state index in [2.05, 4.69) is 18.8 Å². The zero-order valence-corrected chi connectivity index (χ0v) is 12.3. The lowest BCUT2D eigenvalue weighted by molar-refractivity contribution is -0.385. The number of nitrogen functional groups attached to an aromatic ring is 1. The van der Waals surface area contributed by atoms with Crippen LogP contribution in [-0.2, 0) is 0 Å². The smallest absolute Gasteiger partial charge is 0.300 e. The van der Waals surface area contributed by atoms with E-state index in [4.69, 9.17) is 5.73 Å². The van der Waals surface area contributed by atoms with Gasteiger partial charge in [0.05, 0.1) is 4.92 Å². The minimum Gasteiger partial charge on any atom is -0.384 e. The summed E-state index contributed by atoms with van der Waals surface area (Å²) >= 11 is 0. The molecule has 1 aliphatic rings. The number of rotatable bonds is 4. The molecular weight excluding hydrogens is 272 g/mol. The third kappa shape index (κ3) is 2.81. The van der Waals surface area contributed by atoms with Crippen molar-refractivity contribution in [1.82, 2.24) is 9.88 Å². The number of nitro groups is 1. The van der Waals surface area contributed by atoms with Gasteiger partial charge >= 0.3 is 0 Å². The summed E-state index contributed by atoms with van der Waals surface area (Å²) in [6.45, 7) is 5.49. The van der Waals surface area contributed by atoms with Crippen LogP contribution in [0.4, 0.5) is 11.5 Å². The van der Waals surface area contributed by atoms with Gasteiger partial charge in [0.15, 0.2) is 0 Å². The fourth-order valence-corrected chi connectivity index (χ4v) is 2.89. The molecule has 0 radical (unpaired) electrons. The van der Waals surface area contributed by atoms with Gasteiger partial charge in [0.1, 0.15) is 17.6 Å². The zero-order valence-electron chi connectivity index (χ0n) is 12.3. The molecule has 0 spiro atoms. The molecule has 1 aliphatic heterocycles. The van der Waals surface area contributed by atoms with Gasteiger partial charge in [-0.15, -0.1) is 0 Å². The predicted octanol–water partition coefficient (Wildman–Crippen LogP) is 2.22. The molecule has 2 N–H and O–H groups in total. The first-order valence-electron chi connectivity index (χ1n) is 7.11. The molecule has 2 rings (SSSR count). The molecule has 2 heterocycles. The highest BCUT2D eigenvalue weighted by atomic mass is 16.6. The molecule has 21 heavy (non-hydrogen) atoms. The van der Waals surface area contributed by atoms with Gasteiger partial charge in [0.25, 0.3) is 11.6 Å². The summed E-state index contributed by atoms with van der Waals surface area (Å²) in [4.78, 5) is 28.4. The highest BCUT2D eigenvalue weighted by Gasteiger charge is 2.38. The molecule has 114 valence electrons. The number of anilines is 1. The van der Waals surface area contributed by atoms with E-state index < -0.39 is 4.92 Å². The summed E-state index contributed by atoms with van der Waals surface area (Å²) < 4.78 is 0. The fourth-order valence-electron chi connectivity index (χ4n) is 2.89. The Labute approximate surface area is 123 Å². The first kappa shape index (κ1) is 15.2. The highest BCUT2D eigenvalue weighted by Crippen LogP contribution is 2.38. The number of carbonyl (C=O) groups is 1. The number of aromatic nitrogens is 1. The Bertz CT molecular complexity index is 569. The topological polar surface area (TPSA) is 102 Å². The molecule has 7 heteroatoms. The van der Waals surface area contributed by atoms with Crippen molar-refractivity contribution < 1.29 is 9.72 Å². The van der Waals surface area contributed by atoms with Crippen LogP contribution < -0.4 is 5.73 Å². The maximum absolute atomic E-state index is 12.6. The maximum Gasteiger partial charge on any atom is 0.300 e. The van der Waals surface area contributed by atoms with E-state index in [1.165, 1.54) is 6.07 Å². The number of nitrogens with two attached hydrogens (primary N) is 1. The Morgan fingerprint density at radius 3 is 2.71 bits per heavy atom. The van der Waals surface area contributed by atoms with E-state index in [1.807, 2.05) is 0 Å².